The Balaban J connectivity index is 2.75. The van der Waals surface area contributed by atoms with Gasteiger partial charge in [0.15, 0.2) is 11.5 Å². The molecule has 0 radical (unpaired) electrons. The lowest BCUT2D eigenvalue weighted by atomic mass is 10.1. The van der Waals surface area contributed by atoms with Crippen molar-refractivity contribution in [3.8, 4) is 11.3 Å². The van der Waals surface area contributed by atoms with Crippen molar-refractivity contribution in [3.05, 3.63) is 32.1 Å². The van der Waals surface area contributed by atoms with Crippen molar-refractivity contribution in [3.63, 3.8) is 0 Å². The lowest BCUT2D eigenvalue weighted by molar-refractivity contribution is 0.0996. The maximum absolute atomic E-state index is 14.0. The molecular weight excluding hydrogens is 350 g/mol. The fourth-order valence-electron chi connectivity index (χ4n) is 1.36. The van der Waals surface area contributed by atoms with E-state index >= 15 is 0 Å². The third kappa shape index (κ3) is 2.09. The monoisotopic (exact) mass is 352 g/mol. The van der Waals surface area contributed by atoms with Gasteiger partial charge in [0.05, 0.1) is 15.6 Å². The average Bonchev–Trinajstić information content (AvgIpc) is 2.75. The van der Waals surface area contributed by atoms with E-state index in [1.807, 2.05) is 0 Å². The first-order valence-corrected chi connectivity index (χ1v) is 6.02. The van der Waals surface area contributed by atoms with Crippen LogP contribution in [-0.4, -0.2) is 21.3 Å². The number of aromatic amines is 1. The Morgan fingerprint density at radius 2 is 2.11 bits per heavy atom. The molecule has 0 fully saturated rings. The summed E-state index contributed by atoms with van der Waals surface area (Å²) in [5.41, 5.74) is 4.67. The molecule has 0 unspecified atom stereocenters. The highest BCUT2D eigenvalue weighted by Crippen LogP contribution is 2.38. The van der Waals surface area contributed by atoms with E-state index in [0.29, 0.717) is 4.47 Å². The second-order valence-corrected chi connectivity index (χ2v) is 4.87. The first-order chi connectivity index (χ1) is 8.43. The molecule has 3 N–H and O–H groups in total. The number of H-pyrrole nitrogens is 1. The molecule has 1 aromatic carbocycles. The smallest absolute Gasteiger partial charge is 0.271 e. The summed E-state index contributed by atoms with van der Waals surface area (Å²) in [6.07, 6.45) is 0. The lowest BCUT2D eigenvalue weighted by Gasteiger charge is -2.07. The molecule has 5 nitrogen and oxygen atoms in total. The van der Waals surface area contributed by atoms with Gasteiger partial charge in [-0.15, -0.1) is 0 Å². The normalized spacial score (nSPS) is 10.7. The molecule has 0 atom stereocenters. The molecular formula is C9H4BrCl2FN4O. The number of carbonyl (C=O) groups is 1. The third-order valence-corrected chi connectivity index (χ3v) is 3.65. The van der Waals surface area contributed by atoms with Gasteiger partial charge in [0.2, 0.25) is 0 Å². The SMILES string of the molecule is NC(=O)c1n[nH]nc1-c1c(Cl)cc(Br)c(Cl)c1F. The number of primary amides is 1. The fourth-order valence-corrected chi connectivity index (χ4v) is 2.33. The first kappa shape index (κ1) is 13.3. The van der Waals surface area contributed by atoms with Crippen LogP contribution >= 0.6 is 39.1 Å². The van der Waals surface area contributed by atoms with E-state index in [1.54, 1.807) is 0 Å². The Labute approximate surface area is 119 Å². The number of aromatic nitrogens is 3. The van der Waals surface area contributed by atoms with E-state index in [9.17, 15) is 9.18 Å². The highest BCUT2D eigenvalue weighted by molar-refractivity contribution is 9.10. The van der Waals surface area contributed by atoms with Crippen molar-refractivity contribution in [1.82, 2.24) is 15.4 Å². The van der Waals surface area contributed by atoms with Crippen LogP contribution < -0.4 is 5.73 Å². The summed E-state index contributed by atoms with van der Waals surface area (Å²) >= 11 is 14.7. The second-order valence-electron chi connectivity index (χ2n) is 3.23. The zero-order valence-corrected chi connectivity index (χ0v) is 11.6. The lowest BCUT2D eigenvalue weighted by Crippen LogP contribution is -2.13. The van der Waals surface area contributed by atoms with Gasteiger partial charge in [0.25, 0.3) is 5.91 Å². The summed E-state index contributed by atoms with van der Waals surface area (Å²) in [6.45, 7) is 0. The topological polar surface area (TPSA) is 84.7 Å². The Morgan fingerprint density at radius 1 is 1.44 bits per heavy atom. The standard InChI is InChI=1S/C9H4BrCl2FN4O/c10-2-1-3(11)4(6(13)5(2)12)7-8(9(14)18)16-17-15-7/h1H,(H2,14,18)(H,15,16,17). The van der Waals surface area contributed by atoms with Crippen molar-refractivity contribution in [2.45, 2.75) is 0 Å². The van der Waals surface area contributed by atoms with Gasteiger partial charge >= 0.3 is 0 Å². The third-order valence-electron chi connectivity index (χ3n) is 2.13. The highest BCUT2D eigenvalue weighted by Gasteiger charge is 2.24. The Kier molecular flexibility index (Phi) is 3.56. The maximum atomic E-state index is 14.0. The molecule has 1 aromatic heterocycles. The van der Waals surface area contributed by atoms with Crippen LogP contribution in [0.5, 0.6) is 0 Å². The van der Waals surface area contributed by atoms with Gasteiger partial charge in [-0.25, -0.2) is 4.39 Å². The summed E-state index contributed by atoms with van der Waals surface area (Å²) in [4.78, 5) is 11.1. The average molecular weight is 354 g/mol. The van der Waals surface area contributed by atoms with Crippen LogP contribution in [0.15, 0.2) is 10.5 Å². The Hall–Kier alpha value is -1.18. The molecule has 9 heteroatoms. The first-order valence-electron chi connectivity index (χ1n) is 4.47. The maximum Gasteiger partial charge on any atom is 0.271 e. The predicted octanol–water partition coefficient (Wildman–Crippen LogP) is 2.78. The number of rotatable bonds is 2. The number of hydrogen-bond acceptors (Lipinski definition) is 3. The molecule has 1 heterocycles. The number of benzene rings is 1. The fraction of sp³-hybridized carbons (Fsp3) is 0. The zero-order valence-electron chi connectivity index (χ0n) is 8.47. The molecule has 0 saturated heterocycles. The number of hydrogen-bond donors (Lipinski definition) is 2. The minimum atomic E-state index is -0.853. The summed E-state index contributed by atoms with van der Waals surface area (Å²) in [6, 6.07) is 1.39. The molecule has 2 rings (SSSR count). The van der Waals surface area contributed by atoms with E-state index in [-0.39, 0.29) is 27.0 Å². The summed E-state index contributed by atoms with van der Waals surface area (Å²) in [7, 11) is 0. The van der Waals surface area contributed by atoms with Crippen LogP contribution in [0.1, 0.15) is 10.5 Å². The van der Waals surface area contributed by atoms with E-state index in [2.05, 4.69) is 31.3 Å². The van der Waals surface area contributed by atoms with Crippen LogP contribution in [0.3, 0.4) is 0 Å². The van der Waals surface area contributed by atoms with Crippen LogP contribution in [0.2, 0.25) is 10.0 Å². The quantitative estimate of drug-likeness (QED) is 0.643. The molecule has 2 aromatic rings. The van der Waals surface area contributed by atoms with Gasteiger partial charge in [0.1, 0.15) is 5.69 Å². The molecule has 0 saturated carbocycles. The van der Waals surface area contributed by atoms with Gasteiger partial charge in [-0.3, -0.25) is 4.79 Å². The molecule has 18 heavy (non-hydrogen) atoms. The second kappa shape index (κ2) is 4.83. The van der Waals surface area contributed by atoms with E-state index in [4.69, 9.17) is 28.9 Å². The molecule has 0 aliphatic carbocycles. The van der Waals surface area contributed by atoms with E-state index < -0.39 is 11.7 Å². The van der Waals surface area contributed by atoms with E-state index in [1.165, 1.54) is 6.07 Å². The zero-order chi connectivity index (χ0) is 13.4. The van der Waals surface area contributed by atoms with Crippen LogP contribution in [0, 0.1) is 5.82 Å². The number of halogens is 4. The van der Waals surface area contributed by atoms with Gasteiger partial charge < -0.3 is 5.73 Å². The molecule has 0 aliphatic rings. The number of nitrogens with one attached hydrogen (secondary N) is 1. The largest absolute Gasteiger partial charge is 0.364 e. The predicted molar refractivity (Wildman–Crippen MR) is 68.0 cm³/mol. The minimum Gasteiger partial charge on any atom is -0.364 e. The summed E-state index contributed by atoms with van der Waals surface area (Å²) in [5, 5.41) is 9.24. The Morgan fingerprint density at radius 3 is 2.72 bits per heavy atom. The van der Waals surface area contributed by atoms with Gasteiger partial charge in [0, 0.05) is 4.47 Å². The van der Waals surface area contributed by atoms with Crippen LogP contribution in [0.25, 0.3) is 11.3 Å². The van der Waals surface area contributed by atoms with Crippen molar-refractivity contribution >= 4 is 45.0 Å². The minimum absolute atomic E-state index is 0.0279. The van der Waals surface area contributed by atoms with Crippen molar-refractivity contribution < 1.29 is 9.18 Å². The highest BCUT2D eigenvalue weighted by atomic mass is 79.9. The molecule has 0 aliphatic heterocycles. The number of nitrogens with zero attached hydrogens (tertiary/aromatic N) is 2. The molecule has 0 spiro atoms. The van der Waals surface area contributed by atoms with Crippen molar-refractivity contribution in [2.75, 3.05) is 0 Å². The van der Waals surface area contributed by atoms with Gasteiger partial charge in [-0.05, 0) is 22.0 Å². The van der Waals surface area contributed by atoms with Gasteiger partial charge in [-0.2, -0.15) is 15.4 Å². The van der Waals surface area contributed by atoms with Crippen LogP contribution in [0.4, 0.5) is 4.39 Å². The summed E-state index contributed by atoms with van der Waals surface area (Å²) < 4.78 is 14.3. The van der Waals surface area contributed by atoms with Crippen LogP contribution in [-0.2, 0) is 0 Å². The van der Waals surface area contributed by atoms with E-state index in [0.717, 1.165) is 0 Å². The molecule has 1 amide bonds. The Bertz CT molecular complexity index is 646. The number of amides is 1. The number of nitrogens with two attached hydrogens (primary N) is 1. The van der Waals surface area contributed by atoms with Crippen molar-refractivity contribution in [1.29, 1.82) is 0 Å². The summed E-state index contributed by atoms with van der Waals surface area (Å²) in [5.74, 6) is -1.67. The van der Waals surface area contributed by atoms with Crippen molar-refractivity contribution in [2.24, 2.45) is 5.73 Å². The van der Waals surface area contributed by atoms with Gasteiger partial charge in [-0.1, -0.05) is 23.2 Å². The molecule has 0 bridgehead atoms. The number of carbonyl (C=O) groups excluding carboxylic acids is 1. The molecule has 94 valence electrons.